The molecule has 0 radical (unpaired) electrons. The number of rotatable bonds is 5. The van der Waals surface area contributed by atoms with Crippen LogP contribution < -0.4 is 10.1 Å². The number of hydrogen-bond donors (Lipinski definition) is 1. The van der Waals surface area contributed by atoms with Gasteiger partial charge in [-0.3, -0.25) is 4.79 Å². The molecule has 0 unspecified atom stereocenters. The van der Waals surface area contributed by atoms with Crippen molar-refractivity contribution in [1.82, 2.24) is 5.32 Å². The number of halogens is 1. The van der Waals surface area contributed by atoms with Crippen molar-refractivity contribution in [3.8, 4) is 5.75 Å². The molecule has 0 bridgehead atoms. The van der Waals surface area contributed by atoms with Gasteiger partial charge >= 0.3 is 5.97 Å². The molecule has 2 aliphatic rings. The summed E-state index contributed by atoms with van der Waals surface area (Å²) >= 11 is 0. The highest BCUT2D eigenvalue weighted by Gasteiger charge is 2.41. The van der Waals surface area contributed by atoms with Crippen LogP contribution >= 0.6 is 0 Å². The number of esters is 1. The fraction of sp³-hybridized carbons (Fsp3) is 0.308. The first kappa shape index (κ1) is 21.8. The van der Waals surface area contributed by atoms with E-state index < -0.39 is 17.7 Å². The van der Waals surface area contributed by atoms with Crippen molar-refractivity contribution in [1.29, 1.82) is 0 Å². The topological polar surface area (TPSA) is 64.6 Å². The molecule has 4 rings (SSSR count). The van der Waals surface area contributed by atoms with Gasteiger partial charge < -0.3 is 14.8 Å². The number of methoxy groups -OCH3 is 1. The summed E-state index contributed by atoms with van der Waals surface area (Å²) in [4.78, 5) is 26.3. The lowest BCUT2D eigenvalue weighted by atomic mass is 9.71. The molecule has 1 aliphatic heterocycles. The molecule has 0 amide bonds. The third-order valence-corrected chi connectivity index (χ3v) is 6.09. The molecule has 2 atom stereocenters. The number of carbonyl (C=O) groups is 2. The second kappa shape index (κ2) is 8.99. The molecule has 2 aromatic carbocycles. The fourth-order valence-corrected chi connectivity index (χ4v) is 4.65. The Morgan fingerprint density at radius 1 is 1.12 bits per heavy atom. The molecular weight excluding hydrogens is 409 g/mol. The Labute approximate surface area is 186 Å². The van der Waals surface area contributed by atoms with Gasteiger partial charge in [-0.2, -0.15) is 0 Å². The summed E-state index contributed by atoms with van der Waals surface area (Å²) in [7, 11) is 1.62. The summed E-state index contributed by atoms with van der Waals surface area (Å²) in [6, 6.07) is 13.8. The Balaban J connectivity index is 1.77. The number of benzene rings is 2. The number of allylic oxidation sites excluding steroid dienone is 3. The van der Waals surface area contributed by atoms with Gasteiger partial charge in [-0.05, 0) is 61.6 Å². The first-order valence-corrected chi connectivity index (χ1v) is 10.7. The number of dihydropyridines is 1. The lowest BCUT2D eigenvalue weighted by Gasteiger charge is -2.36. The molecule has 2 aromatic rings. The lowest BCUT2D eigenvalue weighted by Crippen LogP contribution is -2.36. The van der Waals surface area contributed by atoms with Gasteiger partial charge in [0.1, 0.15) is 11.6 Å². The summed E-state index contributed by atoms with van der Waals surface area (Å²) in [6.45, 7) is 3.74. The fourth-order valence-electron chi connectivity index (χ4n) is 4.65. The first-order chi connectivity index (χ1) is 15.4. The standard InChI is InChI=1S/C26H26FNO4/c1-4-32-26(30)23-15(2)28-21-13-18(16-8-10-20(31-3)11-9-16)14-22(29)25(21)24(23)17-6-5-7-19(27)12-17/h5-12,18,24,28H,4,13-14H2,1-3H3/t18-,24+/m0/s1. The van der Waals surface area contributed by atoms with E-state index >= 15 is 0 Å². The highest BCUT2D eigenvalue weighted by atomic mass is 19.1. The van der Waals surface area contributed by atoms with Crippen LogP contribution in [0.4, 0.5) is 4.39 Å². The third-order valence-electron chi connectivity index (χ3n) is 6.09. The highest BCUT2D eigenvalue weighted by Crippen LogP contribution is 2.45. The molecule has 1 N–H and O–H groups in total. The minimum absolute atomic E-state index is 0.00441. The molecule has 0 spiro atoms. The highest BCUT2D eigenvalue weighted by molar-refractivity contribution is 6.04. The van der Waals surface area contributed by atoms with Crippen LogP contribution in [0.5, 0.6) is 5.75 Å². The second-order valence-electron chi connectivity index (χ2n) is 8.07. The van der Waals surface area contributed by atoms with Crippen LogP contribution in [-0.4, -0.2) is 25.5 Å². The summed E-state index contributed by atoms with van der Waals surface area (Å²) in [5, 5.41) is 3.29. The molecule has 0 saturated carbocycles. The van der Waals surface area contributed by atoms with Crippen molar-refractivity contribution in [2.24, 2.45) is 0 Å². The van der Waals surface area contributed by atoms with E-state index in [0.717, 1.165) is 17.0 Å². The van der Waals surface area contributed by atoms with Gasteiger partial charge in [0.2, 0.25) is 0 Å². The Morgan fingerprint density at radius 2 is 1.88 bits per heavy atom. The van der Waals surface area contributed by atoms with Crippen molar-refractivity contribution < 1.29 is 23.5 Å². The molecule has 0 fully saturated rings. The minimum atomic E-state index is -0.662. The van der Waals surface area contributed by atoms with Crippen LogP contribution in [0.2, 0.25) is 0 Å². The van der Waals surface area contributed by atoms with E-state index in [0.29, 0.717) is 35.2 Å². The monoisotopic (exact) mass is 435 g/mol. The Hall–Kier alpha value is -3.41. The van der Waals surface area contributed by atoms with Gasteiger partial charge in [-0.25, -0.2) is 9.18 Å². The minimum Gasteiger partial charge on any atom is -0.497 e. The Kier molecular flexibility index (Phi) is 6.12. The summed E-state index contributed by atoms with van der Waals surface area (Å²) in [5.41, 5.74) is 3.90. The van der Waals surface area contributed by atoms with Gasteiger partial charge in [-0.15, -0.1) is 0 Å². The van der Waals surface area contributed by atoms with Crippen molar-refractivity contribution in [3.63, 3.8) is 0 Å². The van der Waals surface area contributed by atoms with Crippen LogP contribution in [0.1, 0.15) is 49.7 Å². The van der Waals surface area contributed by atoms with Gasteiger partial charge in [0.25, 0.3) is 0 Å². The first-order valence-electron chi connectivity index (χ1n) is 10.7. The molecule has 1 aliphatic carbocycles. The number of nitrogens with one attached hydrogen (secondary N) is 1. The average Bonchev–Trinajstić information content (AvgIpc) is 2.78. The van der Waals surface area contributed by atoms with Gasteiger partial charge in [0, 0.05) is 29.3 Å². The zero-order valence-corrected chi connectivity index (χ0v) is 18.4. The van der Waals surface area contributed by atoms with Gasteiger partial charge in [-0.1, -0.05) is 24.3 Å². The quantitative estimate of drug-likeness (QED) is 0.686. The van der Waals surface area contributed by atoms with E-state index in [1.165, 1.54) is 12.1 Å². The van der Waals surface area contributed by atoms with E-state index in [4.69, 9.17) is 9.47 Å². The van der Waals surface area contributed by atoms with Gasteiger partial charge in [0.15, 0.2) is 5.78 Å². The number of ketones is 1. The molecule has 0 saturated heterocycles. The largest absolute Gasteiger partial charge is 0.497 e. The zero-order chi connectivity index (χ0) is 22.8. The summed E-state index contributed by atoms with van der Waals surface area (Å²) in [6.07, 6.45) is 0.931. The van der Waals surface area contributed by atoms with E-state index in [1.807, 2.05) is 24.3 Å². The number of Topliss-reactive ketones (excluding diaryl/α,β-unsaturated/α-hetero) is 1. The number of ether oxygens (including phenoxy) is 2. The van der Waals surface area contributed by atoms with Crippen molar-refractivity contribution >= 4 is 11.8 Å². The van der Waals surface area contributed by atoms with E-state index in [-0.39, 0.29) is 18.3 Å². The van der Waals surface area contributed by atoms with E-state index in [2.05, 4.69) is 5.32 Å². The maximum atomic E-state index is 14.1. The average molecular weight is 435 g/mol. The number of hydrogen-bond acceptors (Lipinski definition) is 5. The van der Waals surface area contributed by atoms with E-state index in [1.54, 1.807) is 33.1 Å². The second-order valence-corrected chi connectivity index (χ2v) is 8.07. The molecule has 0 aromatic heterocycles. The predicted octanol–water partition coefficient (Wildman–Crippen LogP) is 4.76. The predicted molar refractivity (Wildman–Crippen MR) is 119 cm³/mol. The van der Waals surface area contributed by atoms with Crippen LogP contribution in [0.15, 0.2) is 71.1 Å². The SMILES string of the molecule is CCOC(=O)C1=C(C)NC2=C(C(=O)C[C@@H](c3ccc(OC)cc3)C2)[C@@H]1c1cccc(F)c1. The van der Waals surface area contributed by atoms with Crippen molar-refractivity contribution in [2.45, 2.75) is 38.5 Å². The molecule has 1 heterocycles. The van der Waals surface area contributed by atoms with Crippen LogP contribution in [0, 0.1) is 5.82 Å². The summed E-state index contributed by atoms with van der Waals surface area (Å²) < 4.78 is 24.6. The lowest BCUT2D eigenvalue weighted by molar-refractivity contribution is -0.138. The molecular formula is C26H26FNO4. The third kappa shape index (κ3) is 4.05. The smallest absolute Gasteiger partial charge is 0.336 e. The molecule has 5 nitrogen and oxygen atoms in total. The van der Waals surface area contributed by atoms with Gasteiger partial charge in [0.05, 0.1) is 19.3 Å². The van der Waals surface area contributed by atoms with Crippen LogP contribution in [-0.2, 0) is 14.3 Å². The number of carbonyl (C=O) groups excluding carboxylic acids is 2. The Bertz CT molecular complexity index is 1120. The molecule has 6 heteroatoms. The van der Waals surface area contributed by atoms with Crippen molar-refractivity contribution in [2.75, 3.05) is 13.7 Å². The van der Waals surface area contributed by atoms with Crippen LogP contribution in [0.25, 0.3) is 0 Å². The summed E-state index contributed by atoms with van der Waals surface area (Å²) in [5.74, 6) is -0.861. The van der Waals surface area contributed by atoms with E-state index in [9.17, 15) is 14.0 Å². The molecule has 32 heavy (non-hydrogen) atoms. The van der Waals surface area contributed by atoms with Crippen molar-refractivity contribution in [3.05, 3.63) is 88.0 Å². The van der Waals surface area contributed by atoms with Crippen LogP contribution in [0.3, 0.4) is 0 Å². The zero-order valence-electron chi connectivity index (χ0n) is 18.4. The maximum absolute atomic E-state index is 14.1. The normalized spacial score (nSPS) is 20.6. The molecule has 166 valence electrons. The maximum Gasteiger partial charge on any atom is 0.336 e. The Morgan fingerprint density at radius 3 is 2.53 bits per heavy atom.